The third-order valence-electron chi connectivity index (χ3n) is 3.84. The van der Waals surface area contributed by atoms with Crippen molar-refractivity contribution >= 4 is 23.5 Å². The van der Waals surface area contributed by atoms with E-state index in [1.807, 2.05) is 31.2 Å². The first kappa shape index (κ1) is 16.0. The van der Waals surface area contributed by atoms with Gasteiger partial charge in [0.2, 0.25) is 11.8 Å². The third-order valence-corrected chi connectivity index (χ3v) is 3.84. The molecular formula is C16H20N2O4. The number of carbonyl (C=O) groups is 3. The molecule has 2 amide bonds. The van der Waals surface area contributed by atoms with E-state index in [1.165, 1.54) is 4.90 Å². The largest absolute Gasteiger partial charge is 0.481 e. The van der Waals surface area contributed by atoms with Gasteiger partial charge in [0.15, 0.2) is 0 Å². The number of hydrogen-bond acceptors (Lipinski definition) is 3. The van der Waals surface area contributed by atoms with Crippen LogP contribution in [0, 0.1) is 5.92 Å². The molecule has 22 heavy (non-hydrogen) atoms. The quantitative estimate of drug-likeness (QED) is 0.834. The van der Waals surface area contributed by atoms with Crippen LogP contribution in [0.2, 0.25) is 0 Å². The summed E-state index contributed by atoms with van der Waals surface area (Å²) in [6.07, 6.45) is 1.01. The molecule has 0 unspecified atom stereocenters. The molecule has 1 aliphatic rings. The average molecular weight is 304 g/mol. The summed E-state index contributed by atoms with van der Waals surface area (Å²) in [4.78, 5) is 36.0. The second-order valence-electron chi connectivity index (χ2n) is 5.39. The molecule has 1 aromatic carbocycles. The van der Waals surface area contributed by atoms with Gasteiger partial charge in [-0.05, 0) is 18.1 Å². The number of nitrogens with zero attached hydrogens (tertiary/aromatic N) is 1. The van der Waals surface area contributed by atoms with Crippen LogP contribution in [0.25, 0.3) is 0 Å². The number of carboxylic acids is 1. The van der Waals surface area contributed by atoms with Gasteiger partial charge in [-0.3, -0.25) is 14.4 Å². The number of para-hydroxylation sites is 1. The highest BCUT2D eigenvalue weighted by atomic mass is 16.4. The van der Waals surface area contributed by atoms with Gasteiger partial charge >= 0.3 is 5.97 Å². The molecule has 1 heterocycles. The zero-order chi connectivity index (χ0) is 16.1. The number of hydrogen-bond donors (Lipinski definition) is 2. The van der Waals surface area contributed by atoms with Crippen molar-refractivity contribution in [3.05, 3.63) is 29.8 Å². The molecule has 118 valence electrons. The summed E-state index contributed by atoms with van der Waals surface area (Å²) in [7, 11) is 0. The van der Waals surface area contributed by atoms with Gasteiger partial charge in [-0.25, -0.2) is 0 Å². The molecular weight excluding hydrogens is 284 g/mol. The number of carbonyl (C=O) groups excluding carboxylic acids is 2. The van der Waals surface area contributed by atoms with E-state index in [4.69, 9.17) is 5.11 Å². The Labute approximate surface area is 129 Å². The van der Waals surface area contributed by atoms with Gasteiger partial charge in [0, 0.05) is 31.6 Å². The smallest absolute Gasteiger partial charge is 0.308 e. The van der Waals surface area contributed by atoms with E-state index in [2.05, 4.69) is 5.32 Å². The van der Waals surface area contributed by atoms with Gasteiger partial charge in [0.1, 0.15) is 0 Å². The zero-order valence-corrected chi connectivity index (χ0v) is 12.5. The Bertz CT molecular complexity index is 585. The molecule has 2 rings (SSSR count). The molecule has 1 saturated heterocycles. The highest BCUT2D eigenvalue weighted by molar-refractivity contribution is 5.92. The lowest BCUT2D eigenvalue weighted by molar-refractivity contribution is -0.141. The summed E-state index contributed by atoms with van der Waals surface area (Å²) in [5, 5.41) is 11.8. The minimum Gasteiger partial charge on any atom is -0.481 e. The maximum Gasteiger partial charge on any atom is 0.308 e. The number of anilines is 1. The van der Waals surface area contributed by atoms with E-state index in [-0.39, 0.29) is 37.7 Å². The van der Waals surface area contributed by atoms with Crippen molar-refractivity contribution < 1.29 is 19.5 Å². The van der Waals surface area contributed by atoms with Crippen LogP contribution in [0.4, 0.5) is 5.69 Å². The lowest BCUT2D eigenvalue weighted by Crippen LogP contribution is -2.30. The molecule has 0 radical (unpaired) electrons. The standard InChI is InChI=1S/C16H20N2O4/c1-2-11-5-3-4-6-13(11)17-14(19)7-8-18-10-12(16(21)22)9-15(18)20/h3-6,12H,2,7-10H2,1H3,(H,17,19)(H,21,22)/t12-/m1/s1. The Morgan fingerprint density at radius 1 is 1.36 bits per heavy atom. The van der Waals surface area contributed by atoms with Crippen molar-refractivity contribution in [1.29, 1.82) is 0 Å². The molecule has 1 atom stereocenters. The second kappa shape index (κ2) is 7.06. The Morgan fingerprint density at radius 2 is 2.09 bits per heavy atom. The fourth-order valence-corrected chi connectivity index (χ4v) is 2.55. The van der Waals surface area contributed by atoms with Crippen LogP contribution >= 0.6 is 0 Å². The van der Waals surface area contributed by atoms with Gasteiger partial charge < -0.3 is 15.3 Å². The van der Waals surface area contributed by atoms with E-state index in [0.717, 1.165) is 17.7 Å². The van der Waals surface area contributed by atoms with E-state index < -0.39 is 11.9 Å². The molecule has 2 N–H and O–H groups in total. The van der Waals surface area contributed by atoms with Gasteiger partial charge in [0.25, 0.3) is 0 Å². The van der Waals surface area contributed by atoms with E-state index >= 15 is 0 Å². The van der Waals surface area contributed by atoms with Crippen LogP contribution in [0.3, 0.4) is 0 Å². The summed E-state index contributed by atoms with van der Waals surface area (Å²) < 4.78 is 0. The van der Waals surface area contributed by atoms with Gasteiger partial charge in [-0.2, -0.15) is 0 Å². The van der Waals surface area contributed by atoms with Crippen molar-refractivity contribution in [1.82, 2.24) is 4.90 Å². The van der Waals surface area contributed by atoms with Crippen molar-refractivity contribution in [3.63, 3.8) is 0 Å². The Morgan fingerprint density at radius 3 is 2.73 bits per heavy atom. The van der Waals surface area contributed by atoms with Gasteiger partial charge in [-0.1, -0.05) is 25.1 Å². The Kier molecular flexibility index (Phi) is 5.14. The van der Waals surface area contributed by atoms with Crippen LogP contribution in [0.1, 0.15) is 25.3 Å². The molecule has 1 aromatic rings. The fourth-order valence-electron chi connectivity index (χ4n) is 2.55. The molecule has 0 saturated carbocycles. The lowest BCUT2D eigenvalue weighted by atomic mass is 10.1. The van der Waals surface area contributed by atoms with Crippen molar-refractivity contribution in [2.24, 2.45) is 5.92 Å². The first-order chi connectivity index (χ1) is 10.5. The topological polar surface area (TPSA) is 86.7 Å². The summed E-state index contributed by atoms with van der Waals surface area (Å²) in [5.41, 5.74) is 1.84. The summed E-state index contributed by atoms with van der Waals surface area (Å²) in [5.74, 6) is -1.99. The SMILES string of the molecule is CCc1ccccc1NC(=O)CCN1C[C@H](C(=O)O)CC1=O. The summed E-state index contributed by atoms with van der Waals surface area (Å²) >= 11 is 0. The average Bonchev–Trinajstić information content (AvgIpc) is 2.87. The molecule has 0 aliphatic carbocycles. The molecule has 0 bridgehead atoms. The van der Waals surface area contributed by atoms with Crippen LogP contribution in [0.5, 0.6) is 0 Å². The molecule has 6 nitrogen and oxygen atoms in total. The first-order valence-electron chi connectivity index (χ1n) is 7.39. The van der Waals surface area contributed by atoms with Gasteiger partial charge in [0.05, 0.1) is 5.92 Å². The summed E-state index contributed by atoms with van der Waals surface area (Å²) in [6, 6.07) is 7.58. The van der Waals surface area contributed by atoms with E-state index in [9.17, 15) is 14.4 Å². The molecule has 0 aromatic heterocycles. The highest BCUT2D eigenvalue weighted by Crippen LogP contribution is 2.19. The minimum absolute atomic E-state index is 0.0234. The van der Waals surface area contributed by atoms with Crippen LogP contribution in [-0.2, 0) is 20.8 Å². The number of benzene rings is 1. The monoisotopic (exact) mass is 304 g/mol. The first-order valence-corrected chi connectivity index (χ1v) is 7.39. The molecule has 1 fully saturated rings. The maximum absolute atomic E-state index is 12.0. The van der Waals surface area contributed by atoms with Gasteiger partial charge in [-0.15, -0.1) is 0 Å². The number of rotatable bonds is 6. The van der Waals surface area contributed by atoms with Crippen molar-refractivity contribution in [2.75, 3.05) is 18.4 Å². The second-order valence-corrected chi connectivity index (χ2v) is 5.39. The predicted octanol–water partition coefficient (Wildman–Crippen LogP) is 1.51. The third kappa shape index (κ3) is 3.84. The van der Waals surface area contributed by atoms with E-state index in [0.29, 0.717) is 0 Å². The number of nitrogens with one attached hydrogen (secondary N) is 1. The molecule has 1 aliphatic heterocycles. The summed E-state index contributed by atoms with van der Waals surface area (Å²) in [6.45, 7) is 2.45. The number of carboxylic acid groups (broad SMARTS) is 1. The maximum atomic E-state index is 12.0. The normalized spacial score (nSPS) is 17.6. The Balaban J connectivity index is 1.86. The fraction of sp³-hybridized carbons (Fsp3) is 0.438. The minimum atomic E-state index is -0.961. The van der Waals surface area contributed by atoms with E-state index in [1.54, 1.807) is 0 Å². The Hall–Kier alpha value is -2.37. The number of likely N-dealkylation sites (tertiary alicyclic amines) is 1. The van der Waals surface area contributed by atoms with Crippen LogP contribution < -0.4 is 5.32 Å². The lowest BCUT2D eigenvalue weighted by Gasteiger charge is -2.16. The van der Waals surface area contributed by atoms with Crippen LogP contribution in [-0.4, -0.2) is 40.9 Å². The predicted molar refractivity (Wildman–Crippen MR) is 81.4 cm³/mol. The number of amides is 2. The number of aliphatic carboxylic acids is 1. The highest BCUT2D eigenvalue weighted by Gasteiger charge is 2.34. The zero-order valence-electron chi connectivity index (χ0n) is 12.5. The van der Waals surface area contributed by atoms with Crippen molar-refractivity contribution in [2.45, 2.75) is 26.2 Å². The molecule has 6 heteroatoms. The number of aryl methyl sites for hydroxylation is 1. The van der Waals surface area contributed by atoms with Crippen molar-refractivity contribution in [3.8, 4) is 0 Å². The van der Waals surface area contributed by atoms with Crippen LogP contribution in [0.15, 0.2) is 24.3 Å². The molecule has 0 spiro atoms.